The van der Waals surface area contributed by atoms with Crippen molar-refractivity contribution < 1.29 is 23.5 Å². The molecule has 0 fully saturated rings. The topological polar surface area (TPSA) is 88.4 Å². The number of esters is 1. The van der Waals surface area contributed by atoms with Crippen LogP contribution in [0.4, 0.5) is 10.1 Å². The lowest BCUT2D eigenvalue weighted by Gasteiger charge is -2.13. The van der Waals surface area contributed by atoms with E-state index in [1.807, 2.05) is 6.07 Å². The van der Waals surface area contributed by atoms with Crippen molar-refractivity contribution in [1.82, 2.24) is 0 Å². The second-order valence-corrected chi connectivity index (χ2v) is 5.45. The Labute approximate surface area is 155 Å². The first-order chi connectivity index (χ1) is 12.9. The number of hydrogen-bond acceptors (Lipinski definition) is 5. The van der Waals surface area contributed by atoms with Crippen LogP contribution in [-0.4, -0.2) is 25.1 Å². The average molecular weight is 368 g/mol. The van der Waals surface area contributed by atoms with E-state index in [0.717, 1.165) is 6.08 Å². The van der Waals surface area contributed by atoms with Crippen LogP contribution in [0.2, 0.25) is 0 Å². The van der Waals surface area contributed by atoms with Crippen molar-refractivity contribution in [1.29, 1.82) is 5.26 Å². The lowest BCUT2D eigenvalue weighted by atomic mass is 10.2. The van der Waals surface area contributed by atoms with Crippen LogP contribution in [0, 0.1) is 17.1 Å². The summed E-state index contributed by atoms with van der Waals surface area (Å²) in [5.74, 6) is -1.80. The average Bonchev–Trinajstić information content (AvgIpc) is 2.66. The molecule has 0 aliphatic rings. The second-order valence-electron chi connectivity index (χ2n) is 5.45. The van der Waals surface area contributed by atoms with Crippen LogP contribution in [0.15, 0.2) is 48.5 Å². The molecule has 2 aromatic rings. The SMILES string of the molecule is COc1ccc(/C=C/C(=O)O[C@@H](C)C(=O)Nc2ccccc2C#N)cc1F. The molecular formula is C20H17FN2O4. The van der Waals surface area contributed by atoms with Crippen molar-refractivity contribution in [3.05, 3.63) is 65.5 Å². The van der Waals surface area contributed by atoms with E-state index in [9.17, 15) is 14.0 Å². The number of ether oxygens (including phenoxy) is 2. The van der Waals surface area contributed by atoms with Gasteiger partial charge in [0.15, 0.2) is 17.7 Å². The summed E-state index contributed by atoms with van der Waals surface area (Å²) in [5.41, 5.74) is 1.06. The number of methoxy groups -OCH3 is 1. The zero-order chi connectivity index (χ0) is 19.8. The zero-order valence-corrected chi connectivity index (χ0v) is 14.7. The molecule has 7 heteroatoms. The predicted molar refractivity (Wildman–Crippen MR) is 97.3 cm³/mol. The van der Waals surface area contributed by atoms with Gasteiger partial charge in [0.05, 0.1) is 18.4 Å². The van der Waals surface area contributed by atoms with Gasteiger partial charge >= 0.3 is 5.97 Å². The number of benzene rings is 2. The Kier molecular flexibility index (Phi) is 6.67. The predicted octanol–water partition coefficient (Wildman–Crippen LogP) is 3.29. The van der Waals surface area contributed by atoms with E-state index in [4.69, 9.17) is 14.7 Å². The number of anilines is 1. The van der Waals surface area contributed by atoms with Crippen LogP contribution in [0.3, 0.4) is 0 Å². The fraction of sp³-hybridized carbons (Fsp3) is 0.150. The number of nitriles is 1. The number of para-hydroxylation sites is 1. The Bertz CT molecular complexity index is 918. The molecule has 0 spiro atoms. The molecule has 1 N–H and O–H groups in total. The highest BCUT2D eigenvalue weighted by Gasteiger charge is 2.17. The van der Waals surface area contributed by atoms with Gasteiger partial charge < -0.3 is 14.8 Å². The van der Waals surface area contributed by atoms with E-state index in [-0.39, 0.29) is 5.75 Å². The molecule has 0 saturated carbocycles. The third-order valence-electron chi connectivity index (χ3n) is 3.56. The molecule has 6 nitrogen and oxygen atoms in total. The number of hydrogen-bond donors (Lipinski definition) is 1. The number of nitrogens with one attached hydrogen (secondary N) is 1. The van der Waals surface area contributed by atoms with E-state index < -0.39 is 23.8 Å². The smallest absolute Gasteiger partial charge is 0.331 e. The van der Waals surface area contributed by atoms with Crippen molar-refractivity contribution in [2.45, 2.75) is 13.0 Å². The summed E-state index contributed by atoms with van der Waals surface area (Å²) in [4.78, 5) is 24.0. The standard InChI is InChI=1S/C20H17FN2O4/c1-13(20(25)23-17-6-4-3-5-15(17)12-22)27-19(24)10-8-14-7-9-18(26-2)16(21)11-14/h3-11,13H,1-2H3,(H,23,25)/b10-8+/t13-/m0/s1. The van der Waals surface area contributed by atoms with E-state index in [1.54, 1.807) is 30.3 Å². The molecule has 0 unspecified atom stereocenters. The minimum absolute atomic E-state index is 0.0951. The minimum Gasteiger partial charge on any atom is -0.494 e. The van der Waals surface area contributed by atoms with Gasteiger partial charge in [0, 0.05) is 6.08 Å². The van der Waals surface area contributed by atoms with Crippen LogP contribution in [0.25, 0.3) is 6.08 Å². The normalized spacial score (nSPS) is 11.5. The summed E-state index contributed by atoms with van der Waals surface area (Å²) in [6, 6.07) is 12.6. The summed E-state index contributed by atoms with van der Waals surface area (Å²) in [6.45, 7) is 1.41. The third-order valence-corrected chi connectivity index (χ3v) is 3.56. The summed E-state index contributed by atoms with van der Waals surface area (Å²) in [5, 5.41) is 11.5. The lowest BCUT2D eigenvalue weighted by molar-refractivity contribution is -0.148. The van der Waals surface area contributed by atoms with E-state index in [0.29, 0.717) is 16.8 Å². The fourth-order valence-corrected chi connectivity index (χ4v) is 2.14. The van der Waals surface area contributed by atoms with Crippen molar-refractivity contribution >= 4 is 23.6 Å². The molecule has 0 aliphatic carbocycles. The maximum Gasteiger partial charge on any atom is 0.331 e. The minimum atomic E-state index is -1.08. The highest BCUT2D eigenvalue weighted by molar-refractivity contribution is 5.97. The fourth-order valence-electron chi connectivity index (χ4n) is 2.14. The van der Waals surface area contributed by atoms with Crippen molar-refractivity contribution in [3.63, 3.8) is 0 Å². The summed E-state index contributed by atoms with van der Waals surface area (Å²) in [7, 11) is 1.35. The Hall–Kier alpha value is -3.66. The number of carbonyl (C=O) groups excluding carboxylic acids is 2. The molecular weight excluding hydrogens is 351 g/mol. The Morgan fingerprint density at radius 1 is 1.26 bits per heavy atom. The largest absolute Gasteiger partial charge is 0.494 e. The van der Waals surface area contributed by atoms with Crippen molar-refractivity contribution in [2.24, 2.45) is 0 Å². The Morgan fingerprint density at radius 3 is 2.67 bits per heavy atom. The summed E-state index contributed by atoms with van der Waals surface area (Å²) >= 11 is 0. The first-order valence-electron chi connectivity index (χ1n) is 7.97. The molecule has 138 valence electrons. The number of rotatable bonds is 6. The van der Waals surface area contributed by atoms with E-state index >= 15 is 0 Å². The van der Waals surface area contributed by atoms with Crippen LogP contribution >= 0.6 is 0 Å². The number of nitrogens with zero attached hydrogens (tertiary/aromatic N) is 1. The zero-order valence-electron chi connectivity index (χ0n) is 14.7. The van der Waals surface area contributed by atoms with Crippen molar-refractivity contribution in [2.75, 3.05) is 12.4 Å². The summed E-state index contributed by atoms with van der Waals surface area (Å²) < 4.78 is 23.4. The molecule has 0 saturated heterocycles. The number of amides is 1. The number of halogens is 1. The van der Waals surface area contributed by atoms with Gasteiger partial charge in [0.1, 0.15) is 6.07 Å². The van der Waals surface area contributed by atoms with E-state index in [1.165, 1.54) is 32.2 Å². The van der Waals surface area contributed by atoms with Crippen molar-refractivity contribution in [3.8, 4) is 11.8 Å². The quantitative estimate of drug-likeness (QED) is 0.624. The second kappa shape index (κ2) is 9.15. The molecule has 0 aliphatic heterocycles. The molecule has 0 heterocycles. The molecule has 0 bridgehead atoms. The summed E-state index contributed by atoms with van der Waals surface area (Å²) in [6.07, 6.45) is 1.37. The van der Waals surface area contributed by atoms with Gasteiger partial charge in [0.25, 0.3) is 5.91 Å². The van der Waals surface area contributed by atoms with Gasteiger partial charge in [-0.2, -0.15) is 5.26 Å². The van der Waals surface area contributed by atoms with Gasteiger partial charge in [-0.05, 0) is 42.8 Å². The highest BCUT2D eigenvalue weighted by Crippen LogP contribution is 2.18. The third kappa shape index (κ3) is 5.41. The van der Waals surface area contributed by atoms with Gasteiger partial charge in [-0.15, -0.1) is 0 Å². The molecule has 27 heavy (non-hydrogen) atoms. The first kappa shape index (κ1) is 19.7. The molecule has 1 atom stereocenters. The lowest BCUT2D eigenvalue weighted by Crippen LogP contribution is -2.29. The van der Waals surface area contributed by atoms with Crippen LogP contribution in [0.5, 0.6) is 5.75 Å². The molecule has 0 aromatic heterocycles. The first-order valence-corrected chi connectivity index (χ1v) is 7.97. The van der Waals surface area contributed by atoms with Gasteiger partial charge in [-0.1, -0.05) is 18.2 Å². The molecule has 1 amide bonds. The monoisotopic (exact) mass is 368 g/mol. The highest BCUT2D eigenvalue weighted by atomic mass is 19.1. The van der Waals surface area contributed by atoms with Crippen LogP contribution < -0.4 is 10.1 Å². The maximum absolute atomic E-state index is 13.6. The number of carbonyl (C=O) groups is 2. The van der Waals surface area contributed by atoms with E-state index in [2.05, 4.69) is 5.32 Å². The molecule has 2 rings (SSSR count). The Morgan fingerprint density at radius 2 is 2.00 bits per heavy atom. The maximum atomic E-state index is 13.6. The molecule has 2 aromatic carbocycles. The Balaban J connectivity index is 1.95. The van der Waals surface area contributed by atoms with Crippen LogP contribution in [-0.2, 0) is 14.3 Å². The van der Waals surface area contributed by atoms with Gasteiger partial charge in [0.2, 0.25) is 0 Å². The van der Waals surface area contributed by atoms with Crippen LogP contribution in [0.1, 0.15) is 18.1 Å². The molecule has 0 radical (unpaired) electrons. The van der Waals surface area contributed by atoms with Gasteiger partial charge in [-0.3, -0.25) is 4.79 Å². The van der Waals surface area contributed by atoms with Gasteiger partial charge in [-0.25, -0.2) is 9.18 Å².